The van der Waals surface area contributed by atoms with Gasteiger partial charge in [-0.25, -0.2) is 9.59 Å². The first-order valence-electron chi connectivity index (χ1n) is 5.92. The average Bonchev–Trinajstić information content (AvgIpc) is 2.62. The molecule has 0 aliphatic heterocycles. The van der Waals surface area contributed by atoms with E-state index in [1.54, 1.807) is 27.7 Å². The molecule has 0 bridgehead atoms. The number of aromatic carboxylic acids is 1. The third-order valence-corrected chi connectivity index (χ3v) is 2.10. The first-order chi connectivity index (χ1) is 8.67. The van der Waals surface area contributed by atoms with Crippen molar-refractivity contribution in [1.29, 1.82) is 0 Å². The van der Waals surface area contributed by atoms with E-state index in [1.807, 2.05) is 0 Å². The fourth-order valence-corrected chi connectivity index (χ4v) is 1.41. The zero-order valence-corrected chi connectivity index (χ0v) is 11.5. The van der Waals surface area contributed by atoms with E-state index in [-0.39, 0.29) is 11.6 Å². The largest absolute Gasteiger partial charge is 0.478 e. The molecular formula is C12H19N3O4. The molecule has 0 spiro atoms. The summed E-state index contributed by atoms with van der Waals surface area (Å²) in [6.45, 7) is 7.50. The van der Waals surface area contributed by atoms with E-state index < -0.39 is 17.7 Å². The molecule has 19 heavy (non-hydrogen) atoms. The lowest BCUT2D eigenvalue weighted by molar-refractivity contribution is 0.0502. The number of alkyl carbamates (subject to hydrolysis) is 1. The molecule has 1 amide bonds. The van der Waals surface area contributed by atoms with Crippen molar-refractivity contribution in [3.05, 3.63) is 18.0 Å². The van der Waals surface area contributed by atoms with Crippen molar-refractivity contribution in [2.75, 3.05) is 0 Å². The predicted molar refractivity (Wildman–Crippen MR) is 68.0 cm³/mol. The van der Waals surface area contributed by atoms with Crippen LogP contribution in [-0.2, 0) is 11.3 Å². The Balaban J connectivity index is 2.48. The second kappa shape index (κ2) is 5.73. The third-order valence-electron chi connectivity index (χ3n) is 2.10. The Hall–Kier alpha value is -2.05. The van der Waals surface area contributed by atoms with Gasteiger partial charge in [0.25, 0.3) is 0 Å². The highest BCUT2D eigenvalue weighted by Crippen LogP contribution is 2.07. The monoisotopic (exact) mass is 269 g/mol. The van der Waals surface area contributed by atoms with E-state index in [0.717, 1.165) is 0 Å². The summed E-state index contributed by atoms with van der Waals surface area (Å²) in [5.41, 5.74) is -0.434. The van der Waals surface area contributed by atoms with Gasteiger partial charge in [-0.2, -0.15) is 5.10 Å². The standard InChI is InChI=1S/C12H19N3O4/c1-8(14-11(18)19-12(2,3)4)6-15-7-9(5-13-15)10(16)17/h5,7-8H,6H2,1-4H3,(H,14,18)(H,16,17). The summed E-state index contributed by atoms with van der Waals surface area (Å²) in [5.74, 6) is -1.03. The van der Waals surface area contributed by atoms with E-state index >= 15 is 0 Å². The lowest BCUT2D eigenvalue weighted by Crippen LogP contribution is -2.39. The number of nitrogens with zero attached hydrogens (tertiary/aromatic N) is 2. The molecule has 1 atom stereocenters. The molecule has 0 radical (unpaired) electrons. The summed E-state index contributed by atoms with van der Waals surface area (Å²) in [4.78, 5) is 22.2. The quantitative estimate of drug-likeness (QED) is 0.863. The van der Waals surface area contributed by atoms with Crippen LogP contribution in [0.15, 0.2) is 12.4 Å². The smallest absolute Gasteiger partial charge is 0.407 e. The van der Waals surface area contributed by atoms with Gasteiger partial charge in [0, 0.05) is 12.2 Å². The molecule has 7 heteroatoms. The van der Waals surface area contributed by atoms with Crippen LogP contribution in [0.25, 0.3) is 0 Å². The summed E-state index contributed by atoms with van der Waals surface area (Å²) in [6, 6.07) is -0.226. The lowest BCUT2D eigenvalue weighted by atomic mass is 10.2. The summed E-state index contributed by atoms with van der Waals surface area (Å²) >= 11 is 0. The predicted octanol–water partition coefficient (Wildman–Crippen LogP) is 1.49. The maximum atomic E-state index is 11.5. The van der Waals surface area contributed by atoms with Gasteiger partial charge in [-0.05, 0) is 27.7 Å². The average molecular weight is 269 g/mol. The van der Waals surface area contributed by atoms with Gasteiger partial charge in [-0.15, -0.1) is 0 Å². The van der Waals surface area contributed by atoms with E-state index in [1.165, 1.54) is 17.1 Å². The van der Waals surface area contributed by atoms with Crippen molar-refractivity contribution < 1.29 is 19.4 Å². The molecule has 1 aromatic rings. The lowest BCUT2D eigenvalue weighted by Gasteiger charge is -2.21. The van der Waals surface area contributed by atoms with Gasteiger partial charge in [0.15, 0.2) is 0 Å². The zero-order chi connectivity index (χ0) is 14.6. The molecule has 1 rings (SSSR count). The molecule has 0 aliphatic carbocycles. The van der Waals surface area contributed by atoms with Crippen molar-refractivity contribution in [1.82, 2.24) is 15.1 Å². The van der Waals surface area contributed by atoms with Gasteiger partial charge in [-0.1, -0.05) is 0 Å². The van der Waals surface area contributed by atoms with Crippen molar-refractivity contribution in [3.8, 4) is 0 Å². The minimum absolute atomic E-state index is 0.115. The molecule has 1 unspecified atom stereocenters. The Morgan fingerprint density at radius 2 is 2.16 bits per heavy atom. The number of hydrogen-bond donors (Lipinski definition) is 2. The topological polar surface area (TPSA) is 93.5 Å². The van der Waals surface area contributed by atoms with Crippen LogP contribution < -0.4 is 5.32 Å². The van der Waals surface area contributed by atoms with Crippen molar-refractivity contribution in [2.45, 2.75) is 45.9 Å². The number of rotatable bonds is 4. The second-order valence-corrected chi connectivity index (χ2v) is 5.30. The van der Waals surface area contributed by atoms with Crippen molar-refractivity contribution >= 4 is 12.1 Å². The van der Waals surface area contributed by atoms with Crippen LogP contribution in [-0.4, -0.2) is 38.6 Å². The number of nitrogens with one attached hydrogen (secondary N) is 1. The molecule has 0 aliphatic rings. The summed E-state index contributed by atoms with van der Waals surface area (Å²) in [5, 5.41) is 15.3. The summed E-state index contributed by atoms with van der Waals surface area (Å²) in [6.07, 6.45) is 2.17. The molecule has 1 aromatic heterocycles. The van der Waals surface area contributed by atoms with E-state index in [0.29, 0.717) is 6.54 Å². The molecule has 7 nitrogen and oxygen atoms in total. The van der Waals surface area contributed by atoms with Crippen LogP contribution >= 0.6 is 0 Å². The highest BCUT2D eigenvalue weighted by molar-refractivity contribution is 5.86. The molecule has 0 saturated heterocycles. The van der Waals surface area contributed by atoms with Gasteiger partial charge < -0.3 is 15.2 Å². The fraction of sp³-hybridized carbons (Fsp3) is 0.583. The van der Waals surface area contributed by atoms with Crippen LogP contribution in [0.2, 0.25) is 0 Å². The molecular weight excluding hydrogens is 250 g/mol. The number of hydrogen-bond acceptors (Lipinski definition) is 4. The number of carbonyl (C=O) groups is 2. The Bertz CT molecular complexity index is 462. The Morgan fingerprint density at radius 1 is 1.53 bits per heavy atom. The van der Waals surface area contributed by atoms with Gasteiger partial charge >= 0.3 is 12.1 Å². The van der Waals surface area contributed by atoms with Gasteiger partial charge in [0.05, 0.1) is 18.3 Å². The Labute approximate surface area is 111 Å². The van der Waals surface area contributed by atoms with Crippen LogP contribution in [0.4, 0.5) is 4.79 Å². The molecule has 0 fully saturated rings. The highest BCUT2D eigenvalue weighted by Gasteiger charge is 2.18. The maximum Gasteiger partial charge on any atom is 0.407 e. The highest BCUT2D eigenvalue weighted by atomic mass is 16.6. The second-order valence-electron chi connectivity index (χ2n) is 5.30. The first kappa shape index (κ1) is 15.0. The molecule has 0 aromatic carbocycles. The number of carboxylic acids is 1. The minimum atomic E-state index is -1.03. The van der Waals surface area contributed by atoms with Crippen LogP contribution in [0.5, 0.6) is 0 Å². The first-order valence-corrected chi connectivity index (χ1v) is 5.92. The number of aromatic nitrogens is 2. The van der Waals surface area contributed by atoms with Crippen LogP contribution in [0, 0.1) is 0 Å². The molecule has 1 heterocycles. The zero-order valence-electron chi connectivity index (χ0n) is 11.5. The molecule has 2 N–H and O–H groups in total. The fourth-order valence-electron chi connectivity index (χ4n) is 1.41. The maximum absolute atomic E-state index is 11.5. The Kier molecular flexibility index (Phi) is 4.52. The Morgan fingerprint density at radius 3 is 2.63 bits per heavy atom. The summed E-state index contributed by atoms with van der Waals surface area (Å²) < 4.78 is 6.58. The minimum Gasteiger partial charge on any atom is -0.478 e. The number of ether oxygens (including phenoxy) is 1. The molecule has 106 valence electrons. The van der Waals surface area contributed by atoms with Crippen molar-refractivity contribution in [2.24, 2.45) is 0 Å². The number of amides is 1. The van der Waals surface area contributed by atoms with E-state index in [2.05, 4.69) is 10.4 Å². The van der Waals surface area contributed by atoms with Gasteiger partial charge in [-0.3, -0.25) is 4.68 Å². The number of carboxylic acid groups (broad SMARTS) is 1. The van der Waals surface area contributed by atoms with Gasteiger partial charge in [0.2, 0.25) is 0 Å². The summed E-state index contributed by atoms with van der Waals surface area (Å²) in [7, 11) is 0. The van der Waals surface area contributed by atoms with E-state index in [9.17, 15) is 9.59 Å². The number of carbonyl (C=O) groups excluding carboxylic acids is 1. The van der Waals surface area contributed by atoms with Crippen LogP contribution in [0.1, 0.15) is 38.1 Å². The third kappa shape index (κ3) is 5.41. The van der Waals surface area contributed by atoms with Crippen LogP contribution in [0.3, 0.4) is 0 Å². The molecule has 0 saturated carbocycles. The van der Waals surface area contributed by atoms with Gasteiger partial charge in [0.1, 0.15) is 5.60 Å². The normalized spacial score (nSPS) is 12.8. The SMILES string of the molecule is CC(Cn1cc(C(=O)O)cn1)NC(=O)OC(C)(C)C. The van der Waals surface area contributed by atoms with E-state index in [4.69, 9.17) is 9.84 Å². The van der Waals surface area contributed by atoms with Crippen molar-refractivity contribution in [3.63, 3.8) is 0 Å².